The summed E-state index contributed by atoms with van der Waals surface area (Å²) in [6, 6.07) is 4.77. The van der Waals surface area contributed by atoms with Crippen LogP contribution in [-0.4, -0.2) is 22.7 Å². The van der Waals surface area contributed by atoms with E-state index in [2.05, 4.69) is 12.2 Å². The van der Waals surface area contributed by atoms with Gasteiger partial charge in [0.2, 0.25) is 5.91 Å². The van der Waals surface area contributed by atoms with Gasteiger partial charge in [0.1, 0.15) is 0 Å². The highest BCUT2D eigenvalue weighted by molar-refractivity contribution is 5.75. The monoisotopic (exact) mass is 391 g/mol. The number of benzene rings is 1. The summed E-state index contributed by atoms with van der Waals surface area (Å²) < 4.78 is 0. The van der Waals surface area contributed by atoms with Crippen LogP contribution in [0.3, 0.4) is 0 Å². The summed E-state index contributed by atoms with van der Waals surface area (Å²) in [6.07, 6.45) is 18.3. The van der Waals surface area contributed by atoms with Crippen LogP contribution in [-0.2, 0) is 11.2 Å². The number of amides is 1. The van der Waals surface area contributed by atoms with Gasteiger partial charge in [0.15, 0.2) is 11.5 Å². The molecular weight excluding hydrogens is 350 g/mol. The van der Waals surface area contributed by atoms with Crippen LogP contribution in [0, 0.1) is 0 Å². The van der Waals surface area contributed by atoms with Crippen molar-refractivity contribution < 1.29 is 15.0 Å². The van der Waals surface area contributed by atoms with Gasteiger partial charge in [-0.2, -0.15) is 0 Å². The molecular formula is C24H41NO3. The first-order valence-electron chi connectivity index (χ1n) is 11.4. The molecule has 1 rings (SSSR count). The zero-order valence-corrected chi connectivity index (χ0v) is 17.8. The maximum Gasteiger partial charge on any atom is 0.220 e. The quantitative estimate of drug-likeness (QED) is 0.217. The third-order valence-electron chi connectivity index (χ3n) is 5.28. The first-order chi connectivity index (χ1) is 13.6. The molecule has 0 radical (unpaired) electrons. The van der Waals surface area contributed by atoms with Crippen LogP contribution in [0.2, 0.25) is 0 Å². The number of aromatic hydroxyl groups is 2. The maximum absolute atomic E-state index is 11.9. The Hall–Kier alpha value is -1.71. The molecule has 0 saturated heterocycles. The highest BCUT2D eigenvalue weighted by atomic mass is 16.3. The molecule has 0 aliphatic carbocycles. The average molecular weight is 392 g/mol. The molecule has 0 aliphatic rings. The summed E-state index contributed by atoms with van der Waals surface area (Å²) in [7, 11) is 0. The number of carbonyl (C=O) groups is 1. The highest BCUT2D eigenvalue weighted by Crippen LogP contribution is 2.24. The number of hydrogen-bond donors (Lipinski definition) is 3. The fraction of sp³-hybridized carbons (Fsp3) is 0.708. The Labute approximate surface area is 171 Å². The predicted molar refractivity (Wildman–Crippen MR) is 117 cm³/mol. The van der Waals surface area contributed by atoms with Crippen molar-refractivity contribution in [3.05, 3.63) is 23.8 Å². The maximum atomic E-state index is 11.9. The summed E-state index contributed by atoms with van der Waals surface area (Å²) in [5.41, 5.74) is 0.900. The Balaban J connectivity index is 1.87. The lowest BCUT2D eigenvalue weighted by Crippen LogP contribution is -2.25. The molecule has 1 amide bonds. The van der Waals surface area contributed by atoms with Gasteiger partial charge in [-0.05, 0) is 30.5 Å². The van der Waals surface area contributed by atoms with Gasteiger partial charge in [-0.1, -0.05) is 90.0 Å². The Bertz CT molecular complexity index is 531. The van der Waals surface area contributed by atoms with E-state index in [9.17, 15) is 15.0 Å². The Morgan fingerprint density at radius 2 is 1.32 bits per heavy atom. The lowest BCUT2D eigenvalue weighted by molar-refractivity contribution is -0.121. The van der Waals surface area contributed by atoms with Crippen molar-refractivity contribution >= 4 is 5.91 Å². The van der Waals surface area contributed by atoms with E-state index in [4.69, 9.17) is 0 Å². The van der Waals surface area contributed by atoms with Gasteiger partial charge in [-0.15, -0.1) is 0 Å². The zero-order valence-electron chi connectivity index (χ0n) is 17.8. The molecule has 0 unspecified atom stereocenters. The molecule has 4 heteroatoms. The van der Waals surface area contributed by atoms with Gasteiger partial charge < -0.3 is 15.5 Å². The van der Waals surface area contributed by atoms with E-state index in [-0.39, 0.29) is 17.4 Å². The van der Waals surface area contributed by atoms with Crippen molar-refractivity contribution in [2.24, 2.45) is 0 Å². The molecule has 3 N–H and O–H groups in total. The normalized spacial score (nSPS) is 10.9. The van der Waals surface area contributed by atoms with Crippen LogP contribution < -0.4 is 5.32 Å². The van der Waals surface area contributed by atoms with E-state index in [1.165, 1.54) is 82.8 Å². The second-order valence-electron chi connectivity index (χ2n) is 7.92. The minimum atomic E-state index is -0.116. The van der Waals surface area contributed by atoms with Crippen molar-refractivity contribution in [2.75, 3.05) is 6.54 Å². The minimum absolute atomic E-state index is 0.103. The standard InChI is InChI=1S/C24H41NO3/c1-2-3-4-5-6-7-8-9-10-11-12-13-14-15-24(28)25-19-18-21-16-17-22(26)23(27)20-21/h16-17,20,26-27H,2-15,18-19H2,1H3,(H,25,28). The molecule has 0 bridgehead atoms. The number of nitrogens with one attached hydrogen (secondary N) is 1. The first kappa shape index (κ1) is 24.3. The SMILES string of the molecule is CCCCCCCCCCCCCCCC(=O)NCCc1ccc(O)c(O)c1. The molecule has 0 spiro atoms. The third-order valence-corrected chi connectivity index (χ3v) is 5.28. The highest BCUT2D eigenvalue weighted by Gasteiger charge is 2.03. The molecule has 0 aliphatic heterocycles. The van der Waals surface area contributed by atoms with E-state index in [1.54, 1.807) is 6.07 Å². The topological polar surface area (TPSA) is 69.6 Å². The minimum Gasteiger partial charge on any atom is -0.504 e. The molecule has 0 aromatic heterocycles. The molecule has 1 aromatic rings. The predicted octanol–water partition coefficient (Wildman–Crippen LogP) is 6.24. The van der Waals surface area contributed by atoms with Crippen molar-refractivity contribution in [2.45, 2.75) is 103 Å². The van der Waals surface area contributed by atoms with Gasteiger partial charge in [0.05, 0.1) is 0 Å². The Morgan fingerprint density at radius 1 is 0.786 bits per heavy atom. The Kier molecular flexibility index (Phi) is 14.1. The second kappa shape index (κ2) is 16.3. The molecule has 1 aromatic carbocycles. The van der Waals surface area contributed by atoms with Crippen LogP contribution in [0.25, 0.3) is 0 Å². The second-order valence-corrected chi connectivity index (χ2v) is 7.92. The van der Waals surface area contributed by atoms with E-state index in [0.717, 1.165) is 18.4 Å². The molecule has 28 heavy (non-hydrogen) atoms. The smallest absolute Gasteiger partial charge is 0.220 e. The van der Waals surface area contributed by atoms with Crippen molar-refractivity contribution in [1.82, 2.24) is 5.32 Å². The van der Waals surface area contributed by atoms with Gasteiger partial charge in [-0.25, -0.2) is 0 Å². The van der Waals surface area contributed by atoms with E-state index in [0.29, 0.717) is 19.4 Å². The van der Waals surface area contributed by atoms with Crippen LogP contribution in [0.5, 0.6) is 11.5 Å². The summed E-state index contributed by atoms with van der Waals surface area (Å²) >= 11 is 0. The number of phenolic OH excluding ortho intramolecular Hbond substituents is 2. The number of phenols is 2. The van der Waals surface area contributed by atoms with Crippen molar-refractivity contribution in [3.63, 3.8) is 0 Å². The van der Waals surface area contributed by atoms with E-state index in [1.807, 2.05) is 0 Å². The lowest BCUT2D eigenvalue weighted by Gasteiger charge is -2.07. The summed E-state index contributed by atoms with van der Waals surface area (Å²) in [5, 5.41) is 21.7. The van der Waals surface area contributed by atoms with Crippen LogP contribution in [0.4, 0.5) is 0 Å². The molecule has 0 fully saturated rings. The molecule has 0 saturated carbocycles. The number of carbonyl (C=O) groups excluding carboxylic acids is 1. The van der Waals surface area contributed by atoms with Gasteiger partial charge in [0, 0.05) is 13.0 Å². The van der Waals surface area contributed by atoms with Crippen LogP contribution in [0.15, 0.2) is 18.2 Å². The Morgan fingerprint density at radius 3 is 1.86 bits per heavy atom. The average Bonchev–Trinajstić information content (AvgIpc) is 2.68. The van der Waals surface area contributed by atoms with Crippen LogP contribution >= 0.6 is 0 Å². The number of hydrogen-bond acceptors (Lipinski definition) is 3. The van der Waals surface area contributed by atoms with Crippen LogP contribution in [0.1, 0.15) is 102 Å². The fourth-order valence-corrected chi connectivity index (χ4v) is 3.46. The fourth-order valence-electron chi connectivity index (χ4n) is 3.46. The largest absolute Gasteiger partial charge is 0.504 e. The number of rotatable bonds is 17. The summed E-state index contributed by atoms with van der Waals surface area (Å²) in [6.45, 7) is 2.82. The third kappa shape index (κ3) is 12.6. The molecule has 160 valence electrons. The lowest BCUT2D eigenvalue weighted by atomic mass is 10.0. The molecule has 4 nitrogen and oxygen atoms in total. The van der Waals surface area contributed by atoms with Gasteiger partial charge >= 0.3 is 0 Å². The van der Waals surface area contributed by atoms with E-state index < -0.39 is 0 Å². The first-order valence-corrected chi connectivity index (χ1v) is 11.4. The van der Waals surface area contributed by atoms with Gasteiger partial charge in [-0.3, -0.25) is 4.79 Å². The summed E-state index contributed by atoms with van der Waals surface area (Å²) in [5.74, 6) is -0.128. The zero-order chi connectivity index (χ0) is 20.5. The number of unbranched alkanes of at least 4 members (excludes halogenated alkanes) is 12. The van der Waals surface area contributed by atoms with Crippen molar-refractivity contribution in [1.29, 1.82) is 0 Å². The molecule has 0 heterocycles. The van der Waals surface area contributed by atoms with E-state index >= 15 is 0 Å². The molecule has 0 atom stereocenters. The van der Waals surface area contributed by atoms with Crippen molar-refractivity contribution in [3.8, 4) is 11.5 Å². The van der Waals surface area contributed by atoms with Gasteiger partial charge in [0.25, 0.3) is 0 Å². The summed E-state index contributed by atoms with van der Waals surface area (Å²) in [4.78, 5) is 11.9.